The summed E-state index contributed by atoms with van der Waals surface area (Å²) in [6.07, 6.45) is 0. The van der Waals surface area contributed by atoms with Gasteiger partial charge in [0.15, 0.2) is 0 Å². The quantitative estimate of drug-likeness (QED) is 0.129. The average molecular weight is 1070 g/mol. The average Bonchev–Trinajstić information content (AvgIpc) is 3.91. The van der Waals surface area contributed by atoms with Crippen molar-refractivity contribution in [2.24, 2.45) is 0 Å². The van der Waals surface area contributed by atoms with Gasteiger partial charge in [-0.15, -0.1) is 0 Å². The Balaban J connectivity index is 0.000000128. The van der Waals surface area contributed by atoms with Crippen LogP contribution in [-0.4, -0.2) is 54.7 Å². The van der Waals surface area contributed by atoms with Crippen molar-refractivity contribution in [3.63, 3.8) is 0 Å². The minimum atomic E-state index is -0.476. The predicted octanol–water partition coefficient (Wildman–Crippen LogP) is 16.9. The maximum absolute atomic E-state index is 6.29. The molecule has 0 saturated carbocycles. The molecule has 0 aliphatic carbocycles. The van der Waals surface area contributed by atoms with Crippen LogP contribution in [-0.2, 0) is 27.9 Å². The molecule has 13 rings (SSSR count). The standard InChI is InChI=1S/C30H27BO2.C24H15Br.C12H24B2O4/c1-29(2)30(3,4)33-31(32-29)22-11-9-10-20(18-22)21-16-17-27-25-14-6-5-12-23(25)24-13-7-8-15-26(24)28(27)19-21;25-18-7-5-6-16(14-18)17-12-13-23-21-10-2-1-8-19(21)20-9-3-4-11-22(20)24(23)15-17;1-9(2)10(3,4)16-13(15-9)14-17-11(5,6)12(7,8)18-14/h5-19H,1-4H3;1-15H;1-8H3. The first-order valence-corrected chi connectivity index (χ1v) is 27.4. The first-order valence-electron chi connectivity index (χ1n) is 26.6. The number of hydrogen-bond acceptors (Lipinski definition) is 6. The van der Waals surface area contributed by atoms with Crippen molar-refractivity contribution < 1.29 is 27.9 Å². The highest BCUT2D eigenvalue weighted by molar-refractivity contribution is 9.10. The molecular formula is C66H66B3BrO6. The van der Waals surface area contributed by atoms with E-state index >= 15 is 0 Å². The molecule has 3 aliphatic rings. The number of halogens is 1. The van der Waals surface area contributed by atoms with Crippen LogP contribution in [0.5, 0.6) is 0 Å². The lowest BCUT2D eigenvalue weighted by atomic mass is 9.49. The van der Waals surface area contributed by atoms with Gasteiger partial charge in [0.1, 0.15) is 0 Å². The normalized spacial score (nSPS) is 18.8. The Hall–Kier alpha value is -5.81. The number of rotatable bonds is 4. The van der Waals surface area contributed by atoms with Crippen LogP contribution in [0.4, 0.5) is 0 Å². The highest BCUT2D eigenvalue weighted by Gasteiger charge is 2.63. The second-order valence-corrected chi connectivity index (χ2v) is 24.6. The zero-order chi connectivity index (χ0) is 53.6. The summed E-state index contributed by atoms with van der Waals surface area (Å²) >= 11 is 3.58. The maximum Gasteiger partial charge on any atom is 0.494 e. The van der Waals surface area contributed by atoms with Gasteiger partial charge in [0.25, 0.3) is 0 Å². The number of hydrogen-bond donors (Lipinski definition) is 0. The summed E-state index contributed by atoms with van der Waals surface area (Å²) < 4.78 is 37.5. The van der Waals surface area contributed by atoms with E-state index in [4.69, 9.17) is 27.9 Å². The van der Waals surface area contributed by atoms with E-state index in [0.717, 1.165) is 9.94 Å². The molecule has 0 aromatic heterocycles. The summed E-state index contributed by atoms with van der Waals surface area (Å²) in [5.41, 5.74) is 3.75. The van der Waals surface area contributed by atoms with Crippen LogP contribution in [0, 0.1) is 0 Å². The molecule has 0 amide bonds. The van der Waals surface area contributed by atoms with Gasteiger partial charge in [-0.1, -0.05) is 174 Å². The van der Waals surface area contributed by atoms with Gasteiger partial charge in [0, 0.05) is 4.47 Å². The Morgan fingerprint density at radius 3 is 0.882 bits per heavy atom. The third kappa shape index (κ3) is 9.38. The minimum Gasteiger partial charge on any atom is -0.405 e. The molecule has 0 bridgehead atoms. The third-order valence-electron chi connectivity index (χ3n) is 17.2. The van der Waals surface area contributed by atoms with Crippen LogP contribution in [0.1, 0.15) is 83.1 Å². The van der Waals surface area contributed by atoms with E-state index in [1.54, 1.807) is 0 Å². The molecule has 3 saturated heterocycles. The highest BCUT2D eigenvalue weighted by Crippen LogP contribution is 2.44. The van der Waals surface area contributed by atoms with Crippen molar-refractivity contribution in [3.8, 4) is 22.3 Å². The Morgan fingerprint density at radius 1 is 0.263 bits per heavy atom. The number of fused-ring (bicyclic) bond motifs is 12. The summed E-state index contributed by atoms with van der Waals surface area (Å²) in [7, 11) is -1.31. The van der Waals surface area contributed by atoms with Gasteiger partial charge < -0.3 is 27.9 Å². The molecule has 3 fully saturated rings. The minimum absolute atomic E-state index is 0.351. The van der Waals surface area contributed by atoms with Crippen LogP contribution in [0.2, 0.25) is 0 Å². The molecule has 76 heavy (non-hydrogen) atoms. The molecular weight excluding hydrogens is 1000 g/mol. The molecule has 3 heterocycles. The summed E-state index contributed by atoms with van der Waals surface area (Å²) in [6, 6.07) is 65.5. The van der Waals surface area contributed by atoms with Crippen molar-refractivity contribution >= 4 is 107 Å². The van der Waals surface area contributed by atoms with Gasteiger partial charge in [0.05, 0.1) is 33.6 Å². The first kappa shape index (κ1) is 52.3. The lowest BCUT2D eigenvalue weighted by Crippen LogP contribution is -2.41. The summed E-state index contributed by atoms with van der Waals surface area (Å²) in [6.45, 7) is 24.6. The molecule has 382 valence electrons. The molecule has 0 unspecified atom stereocenters. The Bertz CT molecular complexity index is 3710. The van der Waals surface area contributed by atoms with E-state index in [2.05, 4.69) is 226 Å². The fraction of sp³-hybridized carbons (Fsp3) is 0.273. The van der Waals surface area contributed by atoms with Gasteiger partial charge in [-0.05, 0) is 200 Å². The molecule has 0 spiro atoms. The Morgan fingerprint density at radius 2 is 0.539 bits per heavy atom. The van der Waals surface area contributed by atoms with Gasteiger partial charge in [-0.2, -0.15) is 0 Å². The maximum atomic E-state index is 6.29. The molecule has 6 nitrogen and oxygen atoms in total. The predicted molar refractivity (Wildman–Crippen MR) is 324 cm³/mol. The van der Waals surface area contributed by atoms with Crippen LogP contribution in [0.3, 0.4) is 0 Å². The fourth-order valence-electron chi connectivity index (χ4n) is 10.7. The van der Waals surface area contributed by atoms with Crippen molar-refractivity contribution in [3.05, 3.63) is 186 Å². The zero-order valence-electron chi connectivity index (χ0n) is 45.9. The zero-order valence-corrected chi connectivity index (χ0v) is 47.5. The van der Waals surface area contributed by atoms with Crippen molar-refractivity contribution in [2.75, 3.05) is 0 Å². The van der Waals surface area contributed by atoms with E-state index < -0.39 is 14.0 Å². The Labute approximate surface area is 457 Å². The van der Waals surface area contributed by atoms with Gasteiger partial charge in [-0.3, -0.25) is 0 Å². The molecule has 10 aromatic rings. The molecule has 3 aliphatic heterocycles. The monoisotopic (exact) mass is 1070 g/mol. The second kappa shape index (κ2) is 19.3. The lowest BCUT2D eigenvalue weighted by Gasteiger charge is -2.32. The van der Waals surface area contributed by atoms with Crippen molar-refractivity contribution in [1.29, 1.82) is 0 Å². The van der Waals surface area contributed by atoms with Crippen LogP contribution in [0.25, 0.3) is 86.9 Å². The van der Waals surface area contributed by atoms with Crippen LogP contribution in [0.15, 0.2) is 186 Å². The van der Waals surface area contributed by atoms with E-state index in [1.165, 1.54) is 86.9 Å². The molecule has 10 aromatic carbocycles. The highest BCUT2D eigenvalue weighted by atomic mass is 79.9. The van der Waals surface area contributed by atoms with E-state index in [1.807, 2.05) is 55.4 Å². The van der Waals surface area contributed by atoms with E-state index in [9.17, 15) is 0 Å². The summed E-state index contributed by atoms with van der Waals surface area (Å²) in [4.78, 5) is 0. The SMILES string of the molecule is Brc1cccc(-c2ccc3c4ccccc4c4ccccc4c3c2)c1.CC1(C)OB(B2OC(C)(C)C(C)(C)O2)OC1(C)C.CC1(C)OB(c2cccc(-c3ccc4c5ccccc5c5ccccc5c4c3)c2)OC1(C)C. The van der Waals surface area contributed by atoms with Gasteiger partial charge in [-0.25, -0.2) is 0 Å². The smallest absolute Gasteiger partial charge is 0.405 e. The van der Waals surface area contributed by atoms with Crippen molar-refractivity contribution in [2.45, 2.75) is 117 Å². The fourth-order valence-corrected chi connectivity index (χ4v) is 11.1. The van der Waals surface area contributed by atoms with Gasteiger partial charge in [0.2, 0.25) is 0 Å². The molecule has 10 heteroatoms. The second-order valence-electron chi connectivity index (χ2n) is 23.7. The third-order valence-corrected chi connectivity index (χ3v) is 17.7. The summed E-state index contributed by atoms with van der Waals surface area (Å²) in [5.74, 6) is 0. The first-order chi connectivity index (χ1) is 36.0. The van der Waals surface area contributed by atoms with Crippen LogP contribution < -0.4 is 5.46 Å². The molecule has 0 N–H and O–H groups in total. The van der Waals surface area contributed by atoms with Crippen molar-refractivity contribution in [1.82, 2.24) is 0 Å². The van der Waals surface area contributed by atoms with Gasteiger partial charge >= 0.3 is 21.1 Å². The topological polar surface area (TPSA) is 55.4 Å². The molecule has 0 radical (unpaired) electrons. The number of benzene rings is 10. The van der Waals surface area contributed by atoms with E-state index in [0.29, 0.717) is 0 Å². The van der Waals surface area contributed by atoms with Crippen LogP contribution >= 0.6 is 15.9 Å². The van der Waals surface area contributed by atoms with E-state index in [-0.39, 0.29) is 40.7 Å². The lowest BCUT2D eigenvalue weighted by molar-refractivity contribution is 0.00578. The largest absolute Gasteiger partial charge is 0.494 e. The summed E-state index contributed by atoms with van der Waals surface area (Å²) in [5, 5.41) is 15.6. The molecule has 0 atom stereocenters. The Kier molecular flexibility index (Phi) is 13.3.